The van der Waals surface area contributed by atoms with Gasteiger partial charge in [-0.05, 0) is 73.4 Å². The Morgan fingerprint density at radius 3 is 2.72 bits per heavy atom. The first-order valence-electron chi connectivity index (χ1n) is 16.6. The second kappa shape index (κ2) is 10.4. The van der Waals surface area contributed by atoms with Gasteiger partial charge in [-0.3, -0.25) is 14.9 Å². The van der Waals surface area contributed by atoms with E-state index >= 15 is 0 Å². The Bertz CT molecular complexity index is 1910. The van der Waals surface area contributed by atoms with Crippen molar-refractivity contribution in [2.45, 2.75) is 57.5 Å². The molecule has 10 nitrogen and oxygen atoms in total. The fourth-order valence-electron chi connectivity index (χ4n) is 7.97. The van der Waals surface area contributed by atoms with Crippen LogP contribution in [0.3, 0.4) is 0 Å². The molecule has 10 heteroatoms. The average Bonchev–Trinajstić information content (AvgIpc) is 4.03. The summed E-state index contributed by atoms with van der Waals surface area (Å²) in [6.07, 6.45) is 9.19. The number of pyridine rings is 1. The fourth-order valence-corrected chi connectivity index (χ4v) is 7.97. The van der Waals surface area contributed by atoms with Crippen LogP contribution >= 0.6 is 0 Å². The number of piperazine rings is 1. The molecule has 2 bridgehead atoms. The number of benzene rings is 1. The highest BCUT2D eigenvalue weighted by atomic mass is 15.7. The highest BCUT2D eigenvalue weighted by Gasteiger charge is 2.79. The third kappa shape index (κ3) is 4.48. The van der Waals surface area contributed by atoms with Crippen LogP contribution in [-0.4, -0.2) is 80.5 Å². The van der Waals surface area contributed by atoms with E-state index in [1.165, 1.54) is 35.7 Å². The van der Waals surface area contributed by atoms with Gasteiger partial charge >= 0.3 is 0 Å². The molecule has 10 rings (SSSR count). The molecule has 1 aromatic carbocycles. The zero-order valence-electron chi connectivity index (χ0n) is 26.3. The molecule has 5 saturated heterocycles. The summed E-state index contributed by atoms with van der Waals surface area (Å²) >= 11 is 0. The maximum atomic E-state index is 9.33. The van der Waals surface area contributed by atoms with Crippen molar-refractivity contribution in [3.8, 4) is 6.07 Å². The molecular weight excluding hydrogens is 572 g/mol. The zero-order chi connectivity index (χ0) is 31.1. The lowest BCUT2D eigenvalue weighted by molar-refractivity contribution is 0.401. The Morgan fingerprint density at radius 1 is 1.15 bits per heavy atom. The molecule has 5 aliphatic heterocycles. The highest BCUT2D eigenvalue weighted by molar-refractivity contribution is 5.81. The molecule has 1 saturated carbocycles. The number of nitrogens with zero attached hydrogens (tertiary/aromatic N) is 10. The summed E-state index contributed by atoms with van der Waals surface area (Å²) in [5, 5.41) is 10.5. The first kappa shape index (κ1) is 27.6. The Kier molecular flexibility index (Phi) is 6.22. The number of anilines is 2. The molecule has 0 radical (unpaired) electrons. The largest absolute Gasteiger partial charge is 0.363 e. The first-order chi connectivity index (χ1) is 22.5. The summed E-state index contributed by atoms with van der Waals surface area (Å²) in [7, 11) is 0. The minimum Gasteiger partial charge on any atom is -0.363 e. The van der Waals surface area contributed by atoms with E-state index in [0.717, 1.165) is 97.8 Å². The summed E-state index contributed by atoms with van der Waals surface area (Å²) in [4.78, 5) is 28.0. The molecule has 4 unspecified atom stereocenters. The Hall–Kier alpha value is -4.75. The molecule has 6 fully saturated rings. The molecule has 1 aliphatic carbocycles. The Labute approximate surface area is 269 Å². The molecule has 8 heterocycles. The monoisotopic (exact) mass is 610 g/mol. The summed E-state index contributed by atoms with van der Waals surface area (Å²) in [6.45, 7) is 16.3. The van der Waals surface area contributed by atoms with Crippen LogP contribution < -0.4 is 9.80 Å². The molecular formula is C36H38N10. The van der Waals surface area contributed by atoms with Gasteiger partial charge in [-0.2, -0.15) is 5.26 Å². The van der Waals surface area contributed by atoms with Crippen molar-refractivity contribution in [2.24, 2.45) is 16.8 Å². The van der Waals surface area contributed by atoms with E-state index in [0.29, 0.717) is 17.8 Å². The van der Waals surface area contributed by atoms with Crippen molar-refractivity contribution in [1.29, 1.82) is 5.26 Å². The molecule has 4 atom stereocenters. The van der Waals surface area contributed by atoms with Crippen molar-refractivity contribution in [3.63, 3.8) is 0 Å². The van der Waals surface area contributed by atoms with E-state index in [-0.39, 0.29) is 0 Å². The van der Waals surface area contributed by atoms with Gasteiger partial charge in [0, 0.05) is 67.7 Å². The summed E-state index contributed by atoms with van der Waals surface area (Å²) < 4.78 is 2.45. The van der Waals surface area contributed by atoms with E-state index < -0.39 is 0 Å². The molecule has 3 aromatic heterocycles. The molecule has 46 heavy (non-hydrogen) atoms. The van der Waals surface area contributed by atoms with Crippen LogP contribution in [0, 0.1) is 23.2 Å². The summed E-state index contributed by atoms with van der Waals surface area (Å²) in [6, 6.07) is 14.7. The van der Waals surface area contributed by atoms with Gasteiger partial charge in [0.1, 0.15) is 23.7 Å². The molecule has 0 N–H and O–H groups in total. The summed E-state index contributed by atoms with van der Waals surface area (Å²) in [5.74, 6) is 1.91. The van der Waals surface area contributed by atoms with Gasteiger partial charge in [-0.1, -0.05) is 13.5 Å². The SMILES string of the molecule is C=Nc1cc(C(=C)N2CC3C4C2N34)cc(CC)c1N(Cc1cc2cccnc2n1CC1CC1)CC1CN(c2cncc(C#N)n2)C1. The van der Waals surface area contributed by atoms with Crippen LogP contribution in [0.1, 0.15) is 42.3 Å². The number of fused-ring (bicyclic) bond motifs is 2. The van der Waals surface area contributed by atoms with E-state index in [4.69, 9.17) is 4.98 Å². The van der Waals surface area contributed by atoms with Crippen LogP contribution in [0.2, 0.25) is 0 Å². The lowest BCUT2D eigenvalue weighted by Crippen LogP contribution is -2.52. The van der Waals surface area contributed by atoms with Crippen molar-refractivity contribution < 1.29 is 0 Å². The maximum absolute atomic E-state index is 9.33. The average molecular weight is 611 g/mol. The molecule has 232 valence electrons. The molecule has 4 aromatic rings. The van der Waals surface area contributed by atoms with Crippen LogP contribution in [0.25, 0.3) is 16.7 Å². The number of nitriles is 1. The van der Waals surface area contributed by atoms with Crippen LogP contribution in [0.5, 0.6) is 0 Å². The second-order valence-electron chi connectivity index (χ2n) is 13.7. The van der Waals surface area contributed by atoms with E-state index in [1.54, 1.807) is 6.20 Å². The first-order valence-corrected chi connectivity index (χ1v) is 16.6. The maximum Gasteiger partial charge on any atom is 0.161 e. The quantitative estimate of drug-likeness (QED) is 0.167. The Balaban J connectivity index is 1.06. The third-order valence-corrected chi connectivity index (χ3v) is 10.7. The van der Waals surface area contributed by atoms with Gasteiger partial charge in [-0.15, -0.1) is 0 Å². The van der Waals surface area contributed by atoms with Gasteiger partial charge in [0.25, 0.3) is 0 Å². The number of hydrogen-bond donors (Lipinski definition) is 0. The van der Waals surface area contributed by atoms with Crippen molar-refractivity contribution >= 4 is 40.6 Å². The number of aryl methyl sites for hydroxylation is 1. The second-order valence-corrected chi connectivity index (χ2v) is 13.7. The Morgan fingerprint density at radius 2 is 2.00 bits per heavy atom. The van der Waals surface area contributed by atoms with Gasteiger partial charge in [0.15, 0.2) is 5.69 Å². The lowest BCUT2D eigenvalue weighted by atomic mass is 9.96. The predicted molar refractivity (Wildman–Crippen MR) is 180 cm³/mol. The lowest BCUT2D eigenvalue weighted by Gasteiger charge is -2.43. The van der Waals surface area contributed by atoms with Crippen LogP contribution in [0.4, 0.5) is 17.2 Å². The number of rotatable bonds is 12. The zero-order valence-corrected chi connectivity index (χ0v) is 26.3. The van der Waals surface area contributed by atoms with Crippen molar-refractivity contribution in [2.75, 3.05) is 36.0 Å². The topological polar surface area (TPSA) is 92.5 Å². The molecule has 0 spiro atoms. The van der Waals surface area contributed by atoms with E-state index in [1.807, 2.05) is 12.3 Å². The predicted octanol–water partition coefficient (Wildman–Crippen LogP) is 4.82. The van der Waals surface area contributed by atoms with Crippen LogP contribution in [0.15, 0.2) is 60.5 Å². The number of hydrogen-bond acceptors (Lipinski definition) is 9. The van der Waals surface area contributed by atoms with E-state index in [9.17, 15) is 5.26 Å². The fraction of sp³-hybridized carbons (Fsp3) is 0.417. The summed E-state index contributed by atoms with van der Waals surface area (Å²) in [5.41, 5.74) is 8.30. The van der Waals surface area contributed by atoms with E-state index in [2.05, 4.69) is 89.7 Å². The minimum absolute atomic E-state index is 0.348. The van der Waals surface area contributed by atoms with Gasteiger partial charge in [-0.25, -0.2) is 9.97 Å². The van der Waals surface area contributed by atoms with Gasteiger partial charge in [0.05, 0.1) is 36.4 Å². The normalized spacial score (nSPS) is 24.0. The smallest absolute Gasteiger partial charge is 0.161 e. The number of aromatic nitrogens is 4. The molecule has 6 aliphatic rings. The van der Waals surface area contributed by atoms with Crippen molar-refractivity contribution in [1.82, 2.24) is 29.3 Å². The van der Waals surface area contributed by atoms with Crippen molar-refractivity contribution in [3.05, 3.63) is 78.0 Å². The molecule has 0 amide bonds. The standard InChI is InChI=1S/C36H38N10/c1-4-25-10-27(22(2)44-21-31-34-36(44)46(31)34)12-30(38-3)33(25)43(18-24-16-42(17-24)32-15-39-14-28(13-37)41-32)20-29-11-26-6-5-9-40-35(26)45(29)19-23-7-8-23/h5-6,9-12,14-15,23-24,31,34,36H,2-4,7-8,16-21H2,1H3. The number of aliphatic imine (C=N–C) groups is 1. The highest BCUT2D eigenvalue weighted by Crippen LogP contribution is 2.61. The minimum atomic E-state index is 0.348. The van der Waals surface area contributed by atoms with Gasteiger partial charge in [0.2, 0.25) is 0 Å². The van der Waals surface area contributed by atoms with Crippen LogP contribution in [-0.2, 0) is 19.5 Å². The third-order valence-electron chi connectivity index (χ3n) is 10.7. The van der Waals surface area contributed by atoms with Gasteiger partial charge < -0.3 is 19.3 Å².